The van der Waals surface area contributed by atoms with E-state index in [1.165, 1.54) is 37.2 Å². The van der Waals surface area contributed by atoms with Gasteiger partial charge < -0.3 is 5.32 Å². The first-order valence-electron chi connectivity index (χ1n) is 5.83. The van der Waals surface area contributed by atoms with Crippen molar-refractivity contribution in [1.82, 2.24) is 4.37 Å². The van der Waals surface area contributed by atoms with Gasteiger partial charge in [-0.15, -0.1) is 0 Å². The first kappa shape index (κ1) is 11.4. The van der Waals surface area contributed by atoms with Gasteiger partial charge in [0.05, 0.1) is 5.69 Å². The molecule has 1 aromatic heterocycles. The van der Waals surface area contributed by atoms with Crippen LogP contribution in [0.3, 0.4) is 0 Å². The van der Waals surface area contributed by atoms with E-state index < -0.39 is 0 Å². The van der Waals surface area contributed by atoms with Gasteiger partial charge >= 0.3 is 0 Å². The monoisotopic (exact) mass is 235 g/mol. The minimum Gasteiger partial charge on any atom is -0.372 e. The smallest absolute Gasteiger partial charge is 0.127 e. The van der Waals surface area contributed by atoms with Crippen LogP contribution in [0.4, 0.5) is 5.00 Å². The maximum atomic E-state index is 9.04. The SMILES string of the molecule is Cc1nsc(NC2CCC(C)CC2)c1C#N. The fourth-order valence-electron chi connectivity index (χ4n) is 2.19. The Morgan fingerprint density at radius 3 is 2.69 bits per heavy atom. The molecule has 1 aliphatic rings. The Kier molecular flexibility index (Phi) is 3.45. The van der Waals surface area contributed by atoms with Crippen LogP contribution in [0, 0.1) is 24.2 Å². The Balaban J connectivity index is 2.02. The molecule has 1 saturated carbocycles. The summed E-state index contributed by atoms with van der Waals surface area (Å²) in [5.41, 5.74) is 1.57. The summed E-state index contributed by atoms with van der Waals surface area (Å²) in [7, 11) is 0. The van der Waals surface area contributed by atoms with Crippen molar-refractivity contribution in [2.45, 2.75) is 45.6 Å². The van der Waals surface area contributed by atoms with Gasteiger partial charge in [-0.25, -0.2) is 0 Å². The van der Waals surface area contributed by atoms with Crippen molar-refractivity contribution in [3.8, 4) is 6.07 Å². The quantitative estimate of drug-likeness (QED) is 0.855. The van der Waals surface area contributed by atoms with E-state index in [2.05, 4.69) is 22.7 Å². The van der Waals surface area contributed by atoms with Gasteiger partial charge in [-0.1, -0.05) is 6.92 Å². The Bertz CT molecular complexity index is 397. The van der Waals surface area contributed by atoms with E-state index in [4.69, 9.17) is 5.26 Å². The molecule has 16 heavy (non-hydrogen) atoms. The molecule has 1 N–H and O–H groups in total. The molecule has 2 rings (SSSR count). The summed E-state index contributed by atoms with van der Waals surface area (Å²) >= 11 is 1.41. The van der Waals surface area contributed by atoms with Crippen LogP contribution in [0.1, 0.15) is 43.9 Å². The highest BCUT2D eigenvalue weighted by Gasteiger charge is 2.20. The Hall–Kier alpha value is -1.08. The average molecular weight is 235 g/mol. The zero-order valence-corrected chi connectivity index (χ0v) is 10.6. The van der Waals surface area contributed by atoms with E-state index in [-0.39, 0.29) is 0 Å². The highest BCUT2D eigenvalue weighted by molar-refractivity contribution is 7.10. The molecule has 0 bridgehead atoms. The number of aryl methyl sites for hydroxylation is 1. The van der Waals surface area contributed by atoms with Crippen molar-refractivity contribution in [2.75, 3.05) is 5.32 Å². The maximum Gasteiger partial charge on any atom is 0.127 e. The van der Waals surface area contributed by atoms with Gasteiger partial charge in [0.2, 0.25) is 0 Å². The molecule has 0 aliphatic heterocycles. The van der Waals surface area contributed by atoms with E-state index in [1.54, 1.807) is 0 Å². The van der Waals surface area contributed by atoms with Gasteiger partial charge in [0.15, 0.2) is 0 Å². The maximum absolute atomic E-state index is 9.04. The van der Waals surface area contributed by atoms with Crippen LogP contribution >= 0.6 is 11.5 Å². The third kappa shape index (κ3) is 2.35. The predicted octanol–water partition coefficient (Wildman–Crippen LogP) is 3.31. The van der Waals surface area contributed by atoms with Crippen LogP contribution in [0.5, 0.6) is 0 Å². The van der Waals surface area contributed by atoms with E-state index in [0.29, 0.717) is 6.04 Å². The van der Waals surface area contributed by atoms with Crippen molar-refractivity contribution in [3.05, 3.63) is 11.3 Å². The Morgan fingerprint density at radius 2 is 2.06 bits per heavy atom. The largest absolute Gasteiger partial charge is 0.372 e. The molecule has 1 aliphatic carbocycles. The lowest BCUT2D eigenvalue weighted by Crippen LogP contribution is -2.25. The number of hydrogen-bond acceptors (Lipinski definition) is 4. The second-order valence-corrected chi connectivity index (χ2v) is 5.46. The summed E-state index contributed by atoms with van der Waals surface area (Å²) in [5, 5.41) is 13.5. The number of nitrogens with one attached hydrogen (secondary N) is 1. The lowest BCUT2D eigenvalue weighted by atomic mass is 9.87. The second kappa shape index (κ2) is 4.84. The van der Waals surface area contributed by atoms with E-state index in [0.717, 1.165) is 22.2 Å². The minimum atomic E-state index is 0.531. The first-order valence-corrected chi connectivity index (χ1v) is 6.61. The van der Waals surface area contributed by atoms with Gasteiger partial charge in [-0.2, -0.15) is 9.64 Å². The topological polar surface area (TPSA) is 48.7 Å². The molecule has 1 aromatic rings. The Morgan fingerprint density at radius 1 is 1.38 bits per heavy atom. The molecule has 0 radical (unpaired) electrons. The molecule has 1 heterocycles. The molecule has 0 unspecified atom stereocenters. The number of rotatable bonds is 2. The zero-order valence-electron chi connectivity index (χ0n) is 9.79. The van der Waals surface area contributed by atoms with E-state index in [1.807, 2.05) is 6.92 Å². The highest BCUT2D eigenvalue weighted by Crippen LogP contribution is 2.29. The third-order valence-corrected chi connectivity index (χ3v) is 4.20. The Labute approximate surface area is 101 Å². The molecular weight excluding hydrogens is 218 g/mol. The molecule has 3 nitrogen and oxygen atoms in total. The molecule has 0 aromatic carbocycles. The molecule has 0 amide bonds. The van der Waals surface area contributed by atoms with Gasteiger partial charge in [0.25, 0.3) is 0 Å². The van der Waals surface area contributed by atoms with Gasteiger partial charge in [-0.3, -0.25) is 0 Å². The van der Waals surface area contributed by atoms with Gasteiger partial charge in [0, 0.05) is 6.04 Å². The van der Waals surface area contributed by atoms with Crippen molar-refractivity contribution in [2.24, 2.45) is 5.92 Å². The van der Waals surface area contributed by atoms with Crippen LogP contribution in [0.15, 0.2) is 0 Å². The summed E-state index contributed by atoms with van der Waals surface area (Å²) in [5.74, 6) is 0.858. The van der Waals surface area contributed by atoms with Crippen molar-refractivity contribution >= 4 is 16.5 Å². The molecule has 0 saturated heterocycles. The fourth-order valence-corrected chi connectivity index (χ4v) is 3.01. The normalized spacial score (nSPS) is 25.1. The van der Waals surface area contributed by atoms with Crippen LogP contribution in [0.25, 0.3) is 0 Å². The molecule has 4 heteroatoms. The van der Waals surface area contributed by atoms with E-state index in [9.17, 15) is 0 Å². The summed E-state index contributed by atoms with van der Waals surface area (Å²) in [4.78, 5) is 0. The van der Waals surface area contributed by atoms with E-state index >= 15 is 0 Å². The number of nitriles is 1. The minimum absolute atomic E-state index is 0.531. The predicted molar refractivity (Wildman–Crippen MR) is 66.6 cm³/mol. The second-order valence-electron chi connectivity index (χ2n) is 4.69. The lowest BCUT2D eigenvalue weighted by Gasteiger charge is -2.27. The van der Waals surface area contributed by atoms with Crippen LogP contribution < -0.4 is 5.32 Å². The van der Waals surface area contributed by atoms with Crippen LogP contribution in [-0.2, 0) is 0 Å². The third-order valence-electron chi connectivity index (χ3n) is 3.33. The average Bonchev–Trinajstić information content (AvgIpc) is 2.63. The summed E-state index contributed by atoms with van der Waals surface area (Å²) in [6, 6.07) is 2.76. The molecule has 0 atom stereocenters. The molecule has 86 valence electrons. The van der Waals surface area contributed by atoms with Gasteiger partial charge in [0.1, 0.15) is 16.6 Å². The fraction of sp³-hybridized carbons (Fsp3) is 0.667. The summed E-state index contributed by atoms with van der Waals surface area (Å²) in [6.45, 7) is 4.21. The summed E-state index contributed by atoms with van der Waals surface area (Å²) in [6.07, 6.45) is 5.00. The van der Waals surface area contributed by atoms with Gasteiger partial charge in [-0.05, 0) is 50.1 Å². The first-order chi connectivity index (χ1) is 7.70. The highest BCUT2D eigenvalue weighted by atomic mass is 32.1. The lowest BCUT2D eigenvalue weighted by molar-refractivity contribution is 0.361. The molecule has 0 spiro atoms. The van der Waals surface area contributed by atoms with Crippen molar-refractivity contribution < 1.29 is 0 Å². The van der Waals surface area contributed by atoms with Crippen molar-refractivity contribution in [1.29, 1.82) is 5.26 Å². The number of anilines is 1. The number of aromatic nitrogens is 1. The molecule has 1 fully saturated rings. The number of nitrogens with zero attached hydrogens (tertiary/aromatic N) is 2. The van der Waals surface area contributed by atoms with Crippen LogP contribution in [0.2, 0.25) is 0 Å². The standard InChI is InChI=1S/C12H17N3S/c1-8-3-5-10(6-4-8)14-12-11(7-13)9(2)15-16-12/h8,10,14H,3-6H2,1-2H3. The zero-order chi connectivity index (χ0) is 11.5. The van der Waals surface area contributed by atoms with Crippen LogP contribution in [-0.4, -0.2) is 10.4 Å². The van der Waals surface area contributed by atoms with Crippen molar-refractivity contribution in [3.63, 3.8) is 0 Å². The molecular formula is C12H17N3S. The number of hydrogen-bond donors (Lipinski definition) is 1. The summed E-state index contributed by atoms with van der Waals surface area (Å²) < 4.78 is 4.22.